The van der Waals surface area contributed by atoms with Crippen molar-refractivity contribution in [2.45, 2.75) is 17.3 Å². The predicted octanol–water partition coefficient (Wildman–Crippen LogP) is 4.42. The standard InChI is InChI=1S/C18H17FN2OS/c1-12-3-2-4-16-17(12)23-18-20-15(11-21(16)18)13-5-7-14(8-6-13)22-10-9-19/h2-8,11-12,17H,9-10H2,1H3. The van der Waals surface area contributed by atoms with Crippen LogP contribution in [-0.2, 0) is 0 Å². The highest BCUT2D eigenvalue weighted by atomic mass is 32.2. The van der Waals surface area contributed by atoms with E-state index in [2.05, 4.69) is 35.9 Å². The number of hydrogen-bond donors (Lipinski definition) is 0. The van der Waals surface area contributed by atoms with Gasteiger partial charge in [0.05, 0.1) is 10.9 Å². The first kappa shape index (κ1) is 14.6. The third kappa shape index (κ3) is 2.59. The number of hydrogen-bond acceptors (Lipinski definition) is 3. The fraction of sp³-hybridized carbons (Fsp3) is 0.278. The maximum absolute atomic E-state index is 12.1. The Labute approximate surface area is 138 Å². The Morgan fingerprint density at radius 1 is 1.30 bits per heavy atom. The molecular weight excluding hydrogens is 311 g/mol. The summed E-state index contributed by atoms with van der Waals surface area (Å²) < 4.78 is 19.6. The Morgan fingerprint density at radius 3 is 2.91 bits per heavy atom. The number of aromatic nitrogens is 2. The number of rotatable bonds is 4. The van der Waals surface area contributed by atoms with E-state index in [1.54, 1.807) is 0 Å². The van der Waals surface area contributed by atoms with Gasteiger partial charge in [-0.25, -0.2) is 9.37 Å². The van der Waals surface area contributed by atoms with Gasteiger partial charge in [0.1, 0.15) is 19.0 Å². The van der Waals surface area contributed by atoms with E-state index < -0.39 is 6.67 Å². The Morgan fingerprint density at radius 2 is 2.13 bits per heavy atom. The normalized spacial score (nSPS) is 21.7. The molecule has 1 aliphatic carbocycles. The first-order valence-electron chi connectivity index (χ1n) is 7.70. The molecule has 0 bridgehead atoms. The van der Waals surface area contributed by atoms with Crippen LogP contribution in [0.4, 0.5) is 4.39 Å². The maximum atomic E-state index is 12.1. The number of nitrogens with zero attached hydrogens (tertiary/aromatic N) is 2. The van der Waals surface area contributed by atoms with Gasteiger partial charge in [-0.3, -0.25) is 4.57 Å². The zero-order chi connectivity index (χ0) is 15.8. The average molecular weight is 328 g/mol. The van der Waals surface area contributed by atoms with E-state index in [0.717, 1.165) is 16.4 Å². The van der Waals surface area contributed by atoms with Gasteiger partial charge in [0.25, 0.3) is 0 Å². The summed E-state index contributed by atoms with van der Waals surface area (Å²) in [5, 5.41) is 1.51. The molecule has 2 aliphatic rings. The van der Waals surface area contributed by atoms with Gasteiger partial charge in [0.15, 0.2) is 5.16 Å². The summed E-state index contributed by atoms with van der Waals surface area (Å²) in [4.78, 5) is 4.77. The summed E-state index contributed by atoms with van der Waals surface area (Å²) in [6.07, 6.45) is 8.64. The minimum absolute atomic E-state index is 0.0933. The molecule has 0 amide bonds. The van der Waals surface area contributed by atoms with Crippen LogP contribution in [0.3, 0.4) is 0 Å². The third-order valence-electron chi connectivity index (χ3n) is 4.13. The second-order valence-corrected chi connectivity index (χ2v) is 6.82. The van der Waals surface area contributed by atoms with Crippen LogP contribution in [0.1, 0.15) is 6.92 Å². The molecule has 2 unspecified atom stereocenters. The molecule has 4 rings (SSSR count). The fourth-order valence-electron chi connectivity index (χ4n) is 2.94. The Hall–Kier alpha value is -2.01. The lowest BCUT2D eigenvalue weighted by atomic mass is 10.00. The van der Waals surface area contributed by atoms with Gasteiger partial charge in [-0.2, -0.15) is 0 Å². The predicted molar refractivity (Wildman–Crippen MR) is 91.4 cm³/mol. The van der Waals surface area contributed by atoms with Crippen molar-refractivity contribution in [2.75, 3.05) is 13.3 Å². The first-order valence-corrected chi connectivity index (χ1v) is 8.58. The van der Waals surface area contributed by atoms with Gasteiger partial charge in [0, 0.05) is 17.5 Å². The second-order valence-electron chi connectivity index (χ2n) is 5.71. The topological polar surface area (TPSA) is 27.1 Å². The van der Waals surface area contributed by atoms with Gasteiger partial charge in [-0.05, 0) is 36.3 Å². The van der Waals surface area contributed by atoms with Crippen LogP contribution in [-0.4, -0.2) is 28.1 Å². The summed E-state index contributed by atoms with van der Waals surface area (Å²) in [5.41, 5.74) is 3.30. The lowest BCUT2D eigenvalue weighted by Gasteiger charge is -2.19. The summed E-state index contributed by atoms with van der Waals surface area (Å²) in [6, 6.07) is 7.64. The highest BCUT2D eigenvalue weighted by molar-refractivity contribution is 8.00. The van der Waals surface area contributed by atoms with Crippen molar-refractivity contribution in [3.05, 3.63) is 48.7 Å². The van der Waals surface area contributed by atoms with E-state index in [9.17, 15) is 4.39 Å². The van der Waals surface area contributed by atoms with Crippen LogP contribution in [0.2, 0.25) is 0 Å². The van der Waals surface area contributed by atoms with Gasteiger partial charge in [-0.1, -0.05) is 30.8 Å². The second kappa shape index (κ2) is 5.89. The van der Waals surface area contributed by atoms with Crippen molar-refractivity contribution < 1.29 is 9.13 Å². The van der Waals surface area contributed by atoms with Gasteiger partial charge < -0.3 is 4.74 Å². The average Bonchev–Trinajstić information content (AvgIpc) is 3.13. The van der Waals surface area contributed by atoms with E-state index >= 15 is 0 Å². The van der Waals surface area contributed by atoms with Crippen molar-refractivity contribution in [3.8, 4) is 17.0 Å². The molecule has 0 spiro atoms. The molecule has 23 heavy (non-hydrogen) atoms. The van der Waals surface area contributed by atoms with E-state index in [0.29, 0.717) is 16.9 Å². The monoisotopic (exact) mass is 328 g/mol. The zero-order valence-corrected chi connectivity index (χ0v) is 13.6. The highest BCUT2D eigenvalue weighted by Gasteiger charge is 2.33. The van der Waals surface area contributed by atoms with Crippen molar-refractivity contribution in [2.24, 2.45) is 5.92 Å². The van der Waals surface area contributed by atoms with Crippen molar-refractivity contribution in [1.82, 2.24) is 9.55 Å². The van der Waals surface area contributed by atoms with E-state index in [1.807, 2.05) is 36.0 Å². The SMILES string of the molecule is CC1C=CC=C2C1Sc1nc(-c3ccc(OCCF)cc3)cn12. The molecule has 0 N–H and O–H groups in total. The molecule has 0 fully saturated rings. The lowest BCUT2D eigenvalue weighted by Crippen LogP contribution is -2.14. The molecule has 0 saturated carbocycles. The Balaban J connectivity index is 1.60. The third-order valence-corrected chi connectivity index (χ3v) is 5.55. The summed E-state index contributed by atoms with van der Waals surface area (Å²) in [5.74, 6) is 1.21. The minimum atomic E-state index is -0.476. The van der Waals surface area contributed by atoms with E-state index in [-0.39, 0.29) is 6.61 Å². The van der Waals surface area contributed by atoms with Crippen LogP contribution in [0.5, 0.6) is 5.75 Å². The molecule has 1 aliphatic heterocycles. The maximum Gasteiger partial charge on any atom is 0.173 e. The number of alkyl halides is 1. The quantitative estimate of drug-likeness (QED) is 0.831. The molecule has 3 nitrogen and oxygen atoms in total. The largest absolute Gasteiger partial charge is 0.491 e. The van der Waals surface area contributed by atoms with E-state index in [4.69, 9.17) is 9.72 Å². The Kier molecular flexibility index (Phi) is 3.73. The van der Waals surface area contributed by atoms with Gasteiger partial charge >= 0.3 is 0 Å². The summed E-state index contributed by atoms with van der Waals surface area (Å²) in [7, 11) is 0. The van der Waals surface area contributed by atoms with Crippen LogP contribution in [0, 0.1) is 5.92 Å². The molecule has 2 aromatic rings. The number of halogens is 1. The minimum Gasteiger partial charge on any atom is -0.491 e. The number of fused-ring (bicyclic) bond motifs is 3. The van der Waals surface area contributed by atoms with Crippen LogP contribution >= 0.6 is 11.8 Å². The molecule has 5 heteroatoms. The molecule has 0 radical (unpaired) electrons. The van der Waals surface area contributed by atoms with Gasteiger partial charge in [-0.15, -0.1) is 0 Å². The smallest absolute Gasteiger partial charge is 0.173 e. The number of benzene rings is 1. The van der Waals surface area contributed by atoms with Crippen LogP contribution in [0.25, 0.3) is 17.0 Å². The summed E-state index contributed by atoms with van der Waals surface area (Å²) in [6.45, 7) is 1.86. The van der Waals surface area contributed by atoms with Crippen molar-refractivity contribution >= 4 is 17.5 Å². The highest BCUT2D eigenvalue weighted by Crippen LogP contribution is 2.45. The number of allylic oxidation sites excluding steroid dienone is 3. The van der Waals surface area contributed by atoms with Gasteiger partial charge in [0.2, 0.25) is 0 Å². The molecule has 118 valence electrons. The Bertz CT molecular complexity index is 779. The van der Waals surface area contributed by atoms with Crippen molar-refractivity contribution in [3.63, 3.8) is 0 Å². The lowest BCUT2D eigenvalue weighted by molar-refractivity contribution is 0.273. The van der Waals surface area contributed by atoms with Crippen molar-refractivity contribution in [1.29, 1.82) is 0 Å². The zero-order valence-electron chi connectivity index (χ0n) is 12.8. The van der Waals surface area contributed by atoms with Crippen LogP contribution < -0.4 is 4.74 Å². The number of thioether (sulfide) groups is 1. The summed E-state index contributed by atoms with van der Waals surface area (Å²) >= 11 is 1.82. The molecular formula is C18H17FN2OS. The van der Waals surface area contributed by atoms with Crippen LogP contribution in [0.15, 0.2) is 53.8 Å². The molecule has 2 heterocycles. The molecule has 0 saturated heterocycles. The molecule has 1 aromatic carbocycles. The van der Waals surface area contributed by atoms with E-state index in [1.165, 1.54) is 5.70 Å². The molecule has 1 aromatic heterocycles. The first-order chi connectivity index (χ1) is 11.3. The molecule has 2 atom stereocenters. The number of imidazole rings is 1. The fourth-order valence-corrected chi connectivity index (χ4v) is 4.21. The number of ether oxygens (including phenoxy) is 1.